The van der Waals surface area contributed by atoms with E-state index in [-0.39, 0.29) is 11.7 Å². The van der Waals surface area contributed by atoms with Crippen molar-refractivity contribution in [3.05, 3.63) is 53.3 Å². The van der Waals surface area contributed by atoms with E-state index in [1.54, 1.807) is 32.0 Å². The highest BCUT2D eigenvalue weighted by atomic mass is 32.2. The second kappa shape index (κ2) is 5.82. The molecule has 0 aromatic heterocycles. The maximum atomic E-state index is 13.1. The highest BCUT2D eigenvalue weighted by Gasteiger charge is 2.22. The average molecular weight is 337 g/mol. The summed E-state index contributed by atoms with van der Waals surface area (Å²) in [4.78, 5) is 0.0616. The molecule has 2 aromatic rings. The van der Waals surface area contributed by atoms with Crippen molar-refractivity contribution in [1.82, 2.24) is 4.72 Å². The lowest BCUT2D eigenvalue weighted by Crippen LogP contribution is -2.27. The topological polar surface area (TPSA) is 64.6 Å². The van der Waals surface area contributed by atoms with E-state index in [0.717, 1.165) is 11.6 Å². The van der Waals surface area contributed by atoms with Gasteiger partial charge in [0.15, 0.2) is 11.5 Å². The summed E-state index contributed by atoms with van der Waals surface area (Å²) in [5.41, 5.74) is 1.10. The Balaban J connectivity index is 1.85. The summed E-state index contributed by atoms with van der Waals surface area (Å²) in [6.45, 7) is 3.45. The third kappa shape index (κ3) is 3.16. The molecule has 7 heteroatoms. The van der Waals surface area contributed by atoms with Gasteiger partial charge in [0.1, 0.15) is 5.82 Å². The van der Waals surface area contributed by atoms with Crippen LogP contribution in [0.2, 0.25) is 0 Å². The summed E-state index contributed by atoms with van der Waals surface area (Å²) in [6.07, 6.45) is 0. The normalized spacial score (nSPS) is 14.7. The fraction of sp³-hybridized carbons (Fsp3) is 0.250. The lowest BCUT2D eigenvalue weighted by Gasteiger charge is -2.16. The molecule has 0 saturated carbocycles. The third-order valence-electron chi connectivity index (χ3n) is 3.66. The maximum Gasteiger partial charge on any atom is 0.241 e. The van der Waals surface area contributed by atoms with E-state index in [4.69, 9.17) is 9.47 Å². The van der Waals surface area contributed by atoms with Gasteiger partial charge in [-0.15, -0.1) is 0 Å². The fourth-order valence-corrected chi connectivity index (χ4v) is 3.92. The summed E-state index contributed by atoms with van der Waals surface area (Å²) < 4.78 is 51.3. The summed E-state index contributed by atoms with van der Waals surface area (Å²) >= 11 is 0. The molecular weight excluding hydrogens is 321 g/mol. The highest BCUT2D eigenvalue weighted by Crippen LogP contribution is 2.34. The van der Waals surface area contributed by atoms with Gasteiger partial charge in [-0.3, -0.25) is 0 Å². The number of halogens is 1. The van der Waals surface area contributed by atoms with Crippen molar-refractivity contribution >= 4 is 10.0 Å². The van der Waals surface area contributed by atoms with Crippen molar-refractivity contribution in [2.75, 3.05) is 6.79 Å². The molecule has 1 aliphatic rings. The van der Waals surface area contributed by atoms with E-state index in [1.807, 2.05) is 0 Å². The van der Waals surface area contributed by atoms with Crippen LogP contribution in [0, 0.1) is 12.7 Å². The van der Waals surface area contributed by atoms with Crippen molar-refractivity contribution in [3.63, 3.8) is 0 Å². The quantitative estimate of drug-likeness (QED) is 0.932. The molecule has 0 fully saturated rings. The van der Waals surface area contributed by atoms with Crippen LogP contribution >= 0.6 is 0 Å². The zero-order chi connectivity index (χ0) is 16.6. The van der Waals surface area contributed by atoms with Crippen LogP contribution in [0.25, 0.3) is 0 Å². The first-order valence-electron chi connectivity index (χ1n) is 7.05. The van der Waals surface area contributed by atoms with Crippen LogP contribution in [0.1, 0.15) is 24.1 Å². The molecule has 23 heavy (non-hydrogen) atoms. The largest absolute Gasteiger partial charge is 0.454 e. The first-order chi connectivity index (χ1) is 10.9. The average Bonchev–Trinajstić information content (AvgIpc) is 2.93. The predicted molar refractivity (Wildman–Crippen MR) is 82.4 cm³/mol. The number of ether oxygens (including phenoxy) is 2. The number of aryl methyl sites for hydroxylation is 1. The summed E-state index contributed by atoms with van der Waals surface area (Å²) in [6, 6.07) is 8.38. The Hall–Kier alpha value is -2.12. The molecule has 1 atom stereocenters. The summed E-state index contributed by atoms with van der Waals surface area (Å²) in [5.74, 6) is 0.759. The van der Waals surface area contributed by atoms with Gasteiger partial charge in [0, 0.05) is 6.04 Å². The van der Waals surface area contributed by atoms with Crippen molar-refractivity contribution in [3.8, 4) is 11.5 Å². The van der Waals surface area contributed by atoms with Crippen LogP contribution in [-0.2, 0) is 10.0 Å². The minimum Gasteiger partial charge on any atom is -0.454 e. The lowest BCUT2D eigenvalue weighted by molar-refractivity contribution is 0.174. The zero-order valence-corrected chi connectivity index (χ0v) is 13.5. The van der Waals surface area contributed by atoms with E-state index in [1.165, 1.54) is 12.1 Å². The van der Waals surface area contributed by atoms with Gasteiger partial charge in [0.05, 0.1) is 4.90 Å². The van der Waals surface area contributed by atoms with Crippen molar-refractivity contribution in [2.24, 2.45) is 0 Å². The van der Waals surface area contributed by atoms with Gasteiger partial charge < -0.3 is 9.47 Å². The van der Waals surface area contributed by atoms with Crippen molar-refractivity contribution < 1.29 is 22.3 Å². The Kier molecular flexibility index (Phi) is 3.99. The fourth-order valence-electron chi connectivity index (χ4n) is 2.46. The van der Waals surface area contributed by atoms with Crippen molar-refractivity contribution in [2.45, 2.75) is 24.8 Å². The van der Waals surface area contributed by atoms with E-state index < -0.39 is 21.9 Å². The smallest absolute Gasteiger partial charge is 0.241 e. The Bertz CT molecular complexity index is 851. The van der Waals surface area contributed by atoms with Crippen LogP contribution in [-0.4, -0.2) is 15.2 Å². The Morgan fingerprint density at radius 2 is 1.87 bits per heavy atom. The number of sulfonamides is 1. The van der Waals surface area contributed by atoms with Crippen molar-refractivity contribution in [1.29, 1.82) is 0 Å². The van der Waals surface area contributed by atoms with E-state index in [0.29, 0.717) is 17.1 Å². The maximum absolute atomic E-state index is 13.1. The first-order valence-corrected chi connectivity index (χ1v) is 8.53. The van der Waals surface area contributed by atoms with Gasteiger partial charge in [-0.05, 0) is 55.3 Å². The molecule has 0 radical (unpaired) electrons. The molecule has 1 unspecified atom stereocenters. The van der Waals surface area contributed by atoms with E-state index in [2.05, 4.69) is 4.72 Å². The number of rotatable bonds is 4. The van der Waals surface area contributed by atoms with Crippen LogP contribution < -0.4 is 14.2 Å². The number of hydrogen-bond donors (Lipinski definition) is 1. The molecule has 122 valence electrons. The van der Waals surface area contributed by atoms with Gasteiger partial charge >= 0.3 is 0 Å². The zero-order valence-electron chi connectivity index (χ0n) is 12.7. The second-order valence-electron chi connectivity index (χ2n) is 5.37. The van der Waals surface area contributed by atoms with E-state index >= 15 is 0 Å². The van der Waals surface area contributed by atoms with Crippen LogP contribution in [0.4, 0.5) is 4.39 Å². The number of fused-ring (bicyclic) bond motifs is 1. The molecule has 1 aliphatic heterocycles. The number of hydrogen-bond acceptors (Lipinski definition) is 4. The second-order valence-corrected chi connectivity index (χ2v) is 7.05. The molecule has 1 N–H and O–H groups in total. The molecule has 5 nitrogen and oxygen atoms in total. The molecular formula is C16H16FNO4S. The van der Waals surface area contributed by atoms with E-state index in [9.17, 15) is 12.8 Å². The molecule has 0 spiro atoms. The summed E-state index contributed by atoms with van der Waals surface area (Å²) in [5, 5.41) is 0. The molecule has 0 saturated heterocycles. The molecule has 0 amide bonds. The highest BCUT2D eigenvalue weighted by molar-refractivity contribution is 7.89. The first kappa shape index (κ1) is 15.8. The number of benzene rings is 2. The van der Waals surface area contributed by atoms with Gasteiger partial charge in [-0.25, -0.2) is 17.5 Å². The van der Waals surface area contributed by atoms with Gasteiger partial charge in [0.25, 0.3) is 0 Å². The van der Waals surface area contributed by atoms with Gasteiger partial charge in [-0.2, -0.15) is 0 Å². The molecule has 0 aliphatic carbocycles. The van der Waals surface area contributed by atoms with Gasteiger partial charge in [0.2, 0.25) is 16.8 Å². The number of nitrogens with one attached hydrogen (secondary N) is 1. The molecule has 0 bridgehead atoms. The molecule has 3 rings (SSSR count). The Labute approximate surface area is 134 Å². The predicted octanol–water partition coefficient (Wildman–Crippen LogP) is 2.90. The monoisotopic (exact) mass is 337 g/mol. The Morgan fingerprint density at radius 1 is 1.13 bits per heavy atom. The lowest BCUT2D eigenvalue weighted by atomic mass is 10.1. The third-order valence-corrected chi connectivity index (χ3v) is 5.36. The minimum absolute atomic E-state index is 0.0616. The van der Waals surface area contributed by atoms with Crippen LogP contribution in [0.15, 0.2) is 41.3 Å². The van der Waals surface area contributed by atoms with Crippen LogP contribution in [0.3, 0.4) is 0 Å². The van der Waals surface area contributed by atoms with Crippen LogP contribution in [0.5, 0.6) is 11.5 Å². The minimum atomic E-state index is -3.76. The van der Waals surface area contributed by atoms with Gasteiger partial charge in [-0.1, -0.05) is 6.07 Å². The molecule has 1 heterocycles. The molecule has 2 aromatic carbocycles. The SMILES string of the molecule is Cc1cc(F)ccc1S(=O)(=O)NC(C)c1ccc2c(c1)OCO2. The summed E-state index contributed by atoms with van der Waals surface area (Å²) in [7, 11) is -3.76. The standard InChI is InChI=1S/C16H16FNO4S/c1-10-7-13(17)4-6-16(10)23(19,20)18-11(2)12-3-5-14-15(8-12)22-9-21-14/h3-8,11,18H,9H2,1-2H3. The Morgan fingerprint density at radius 3 is 2.61 bits per heavy atom.